The summed E-state index contributed by atoms with van der Waals surface area (Å²) in [7, 11) is 0. The van der Waals surface area contributed by atoms with E-state index in [0.717, 1.165) is 11.9 Å². The predicted molar refractivity (Wildman–Crippen MR) is 78.0 cm³/mol. The summed E-state index contributed by atoms with van der Waals surface area (Å²) in [5, 5.41) is 4.31. The molecule has 0 bridgehead atoms. The number of ether oxygens (including phenoxy) is 1. The van der Waals surface area contributed by atoms with Gasteiger partial charge in [-0.15, -0.1) is 0 Å². The number of aromatic nitrogens is 1. The molecule has 1 fully saturated rings. The molecule has 104 valence electrons. The molecule has 1 aliphatic rings. The van der Waals surface area contributed by atoms with Gasteiger partial charge in [0.25, 0.3) is 5.91 Å². The zero-order chi connectivity index (χ0) is 13.9. The normalized spacial score (nSPS) is 14.2. The van der Waals surface area contributed by atoms with Crippen molar-refractivity contribution in [3.8, 4) is 5.75 Å². The summed E-state index contributed by atoms with van der Waals surface area (Å²) in [5.74, 6) is 1.14. The highest BCUT2D eigenvalue weighted by molar-refractivity contribution is 6.35. The Kier molecular flexibility index (Phi) is 3.74. The Bertz CT molecular complexity index is 641. The van der Waals surface area contributed by atoms with Crippen molar-refractivity contribution in [1.29, 1.82) is 0 Å². The van der Waals surface area contributed by atoms with Crippen LogP contribution < -0.4 is 10.1 Å². The third kappa shape index (κ3) is 3.02. The molecule has 0 spiro atoms. The molecule has 2 aromatic rings. The summed E-state index contributed by atoms with van der Waals surface area (Å²) in [6.07, 6.45) is 4.11. The summed E-state index contributed by atoms with van der Waals surface area (Å²) in [4.78, 5) is 15.9. The number of benzene rings is 1. The Hall–Kier alpha value is -1.81. The molecule has 0 unspecified atom stereocenters. The van der Waals surface area contributed by atoms with Crippen LogP contribution in [0.3, 0.4) is 0 Å². The molecule has 20 heavy (non-hydrogen) atoms. The first-order chi connectivity index (χ1) is 9.74. The molecule has 1 N–H and O–H groups in total. The lowest BCUT2D eigenvalue weighted by Crippen LogP contribution is -2.30. The molecular weight excluding hydrogens is 276 g/mol. The third-order valence-electron chi connectivity index (χ3n) is 3.32. The van der Waals surface area contributed by atoms with Crippen LogP contribution in [0.2, 0.25) is 5.02 Å². The second-order valence-electron chi connectivity index (χ2n) is 4.98. The van der Waals surface area contributed by atoms with E-state index in [1.807, 2.05) is 12.1 Å². The molecule has 3 rings (SSSR count). The number of hydrogen-bond donors (Lipinski definition) is 1. The van der Waals surface area contributed by atoms with Gasteiger partial charge in [-0.3, -0.25) is 9.78 Å². The molecule has 1 aromatic carbocycles. The van der Waals surface area contributed by atoms with E-state index in [2.05, 4.69) is 10.3 Å². The molecular formula is C15H15ClN2O2. The maximum absolute atomic E-state index is 11.7. The van der Waals surface area contributed by atoms with Crippen molar-refractivity contribution in [2.24, 2.45) is 5.92 Å². The Morgan fingerprint density at radius 1 is 1.40 bits per heavy atom. The van der Waals surface area contributed by atoms with Crippen LogP contribution in [0.15, 0.2) is 30.5 Å². The number of carbonyl (C=O) groups excluding carboxylic acids is 1. The largest absolute Gasteiger partial charge is 0.481 e. The number of hydrogen-bond acceptors (Lipinski definition) is 3. The van der Waals surface area contributed by atoms with Gasteiger partial charge in [-0.2, -0.15) is 0 Å². The summed E-state index contributed by atoms with van der Waals surface area (Å²) >= 11 is 6.11. The van der Waals surface area contributed by atoms with Crippen molar-refractivity contribution in [2.45, 2.75) is 12.8 Å². The zero-order valence-electron chi connectivity index (χ0n) is 10.9. The molecule has 0 saturated heterocycles. The highest BCUT2D eigenvalue weighted by Crippen LogP contribution is 2.29. The number of nitrogens with zero attached hydrogens (tertiary/aromatic N) is 1. The van der Waals surface area contributed by atoms with Crippen LogP contribution in [0.4, 0.5) is 0 Å². The average Bonchev–Trinajstić information content (AvgIpc) is 3.29. The predicted octanol–water partition coefficient (Wildman–Crippen LogP) is 2.79. The van der Waals surface area contributed by atoms with E-state index in [4.69, 9.17) is 16.3 Å². The van der Waals surface area contributed by atoms with Crippen LogP contribution in [0.25, 0.3) is 10.9 Å². The van der Waals surface area contributed by atoms with Crippen molar-refractivity contribution in [1.82, 2.24) is 10.3 Å². The van der Waals surface area contributed by atoms with Crippen LogP contribution in [0.5, 0.6) is 5.75 Å². The van der Waals surface area contributed by atoms with E-state index >= 15 is 0 Å². The van der Waals surface area contributed by atoms with Gasteiger partial charge >= 0.3 is 0 Å². The van der Waals surface area contributed by atoms with Gasteiger partial charge < -0.3 is 10.1 Å². The van der Waals surface area contributed by atoms with Crippen molar-refractivity contribution in [3.63, 3.8) is 0 Å². The maximum atomic E-state index is 11.7. The van der Waals surface area contributed by atoms with Gasteiger partial charge in [-0.05, 0) is 43.0 Å². The average molecular weight is 291 g/mol. The zero-order valence-corrected chi connectivity index (χ0v) is 11.7. The minimum Gasteiger partial charge on any atom is -0.481 e. The van der Waals surface area contributed by atoms with E-state index in [9.17, 15) is 4.79 Å². The van der Waals surface area contributed by atoms with E-state index in [1.165, 1.54) is 12.8 Å². The molecule has 4 nitrogen and oxygen atoms in total. The highest BCUT2D eigenvalue weighted by Gasteiger charge is 2.21. The number of carbonyl (C=O) groups is 1. The Morgan fingerprint density at radius 3 is 3.05 bits per heavy atom. The van der Waals surface area contributed by atoms with Crippen LogP contribution in [-0.4, -0.2) is 24.0 Å². The topological polar surface area (TPSA) is 51.2 Å². The molecule has 1 saturated carbocycles. The van der Waals surface area contributed by atoms with Gasteiger partial charge in [-0.25, -0.2) is 0 Å². The van der Waals surface area contributed by atoms with Gasteiger partial charge in [0.2, 0.25) is 0 Å². The van der Waals surface area contributed by atoms with Crippen LogP contribution >= 0.6 is 11.6 Å². The minimum atomic E-state index is -0.101. The molecule has 1 aromatic heterocycles. The van der Waals surface area contributed by atoms with Gasteiger partial charge in [0.05, 0.1) is 5.02 Å². The van der Waals surface area contributed by atoms with Crippen molar-refractivity contribution in [2.75, 3.05) is 13.2 Å². The monoisotopic (exact) mass is 290 g/mol. The summed E-state index contributed by atoms with van der Waals surface area (Å²) < 4.78 is 5.56. The molecule has 0 atom stereocenters. The van der Waals surface area contributed by atoms with Crippen molar-refractivity contribution < 1.29 is 9.53 Å². The van der Waals surface area contributed by atoms with Gasteiger partial charge in [0, 0.05) is 18.1 Å². The van der Waals surface area contributed by atoms with Crippen molar-refractivity contribution in [3.05, 3.63) is 35.5 Å². The first kappa shape index (κ1) is 13.2. The second-order valence-corrected chi connectivity index (χ2v) is 5.39. The summed E-state index contributed by atoms with van der Waals surface area (Å²) in [6.45, 7) is 0.752. The number of amides is 1. The summed E-state index contributed by atoms with van der Waals surface area (Å²) in [5.41, 5.74) is 0.676. The van der Waals surface area contributed by atoms with Crippen LogP contribution in [0.1, 0.15) is 12.8 Å². The number of rotatable bonds is 5. The minimum absolute atomic E-state index is 0.0000265. The standard InChI is InChI=1S/C15H15ClN2O2/c16-12-5-6-13(15-11(12)2-1-7-17-15)20-9-14(19)18-8-10-3-4-10/h1-2,5-7,10H,3-4,8-9H2,(H,18,19). The molecule has 1 amide bonds. The lowest BCUT2D eigenvalue weighted by atomic mass is 10.2. The maximum Gasteiger partial charge on any atom is 0.257 e. The Labute approximate surface area is 122 Å². The number of nitrogens with one attached hydrogen (secondary N) is 1. The molecule has 5 heteroatoms. The van der Waals surface area contributed by atoms with Crippen molar-refractivity contribution >= 4 is 28.4 Å². The fraction of sp³-hybridized carbons (Fsp3) is 0.333. The Balaban J connectivity index is 1.67. The molecule has 0 radical (unpaired) electrons. The smallest absolute Gasteiger partial charge is 0.257 e. The lowest BCUT2D eigenvalue weighted by molar-refractivity contribution is -0.123. The fourth-order valence-corrected chi connectivity index (χ4v) is 2.22. The second kappa shape index (κ2) is 5.67. The number of fused-ring (bicyclic) bond motifs is 1. The van der Waals surface area contributed by atoms with E-state index in [0.29, 0.717) is 22.2 Å². The fourth-order valence-electron chi connectivity index (χ4n) is 2.00. The van der Waals surface area contributed by atoms with E-state index in [-0.39, 0.29) is 12.5 Å². The van der Waals surface area contributed by atoms with E-state index < -0.39 is 0 Å². The SMILES string of the molecule is O=C(COc1ccc(Cl)c2cccnc12)NCC1CC1. The number of halogens is 1. The third-order valence-corrected chi connectivity index (χ3v) is 3.65. The van der Waals surface area contributed by atoms with Gasteiger partial charge in [-0.1, -0.05) is 11.6 Å². The molecule has 0 aliphatic heterocycles. The van der Waals surface area contributed by atoms with Crippen LogP contribution in [-0.2, 0) is 4.79 Å². The van der Waals surface area contributed by atoms with E-state index in [1.54, 1.807) is 18.3 Å². The summed E-state index contributed by atoms with van der Waals surface area (Å²) in [6, 6.07) is 7.19. The Morgan fingerprint density at radius 2 is 2.25 bits per heavy atom. The van der Waals surface area contributed by atoms with Gasteiger partial charge in [0.1, 0.15) is 11.3 Å². The first-order valence-corrected chi connectivity index (χ1v) is 7.04. The van der Waals surface area contributed by atoms with Crippen LogP contribution in [0, 0.1) is 5.92 Å². The number of pyridine rings is 1. The molecule has 1 heterocycles. The molecule has 1 aliphatic carbocycles. The first-order valence-electron chi connectivity index (χ1n) is 6.67. The lowest BCUT2D eigenvalue weighted by Gasteiger charge is -2.09. The quantitative estimate of drug-likeness (QED) is 0.921. The highest BCUT2D eigenvalue weighted by atomic mass is 35.5. The van der Waals surface area contributed by atoms with Gasteiger partial charge in [0.15, 0.2) is 6.61 Å².